The van der Waals surface area contributed by atoms with Crippen LogP contribution in [0, 0.1) is 16.0 Å². The number of rotatable bonds is 6. The zero-order valence-electron chi connectivity index (χ0n) is 11.7. The van der Waals surface area contributed by atoms with Gasteiger partial charge < -0.3 is 5.32 Å². The molecule has 1 aromatic carbocycles. The van der Waals surface area contributed by atoms with Crippen molar-refractivity contribution in [1.82, 2.24) is 5.32 Å². The van der Waals surface area contributed by atoms with Gasteiger partial charge in [0.25, 0.3) is 5.69 Å². The lowest BCUT2D eigenvalue weighted by Gasteiger charge is -2.12. The van der Waals surface area contributed by atoms with Crippen molar-refractivity contribution in [3.8, 4) is 0 Å². The molecule has 20 heavy (non-hydrogen) atoms. The summed E-state index contributed by atoms with van der Waals surface area (Å²) in [6.07, 6.45) is 4.57. The Balaban J connectivity index is 2.20. The van der Waals surface area contributed by atoms with Crippen molar-refractivity contribution in [3.05, 3.63) is 43.9 Å². The first-order valence-electron chi connectivity index (χ1n) is 6.85. The van der Waals surface area contributed by atoms with E-state index in [-0.39, 0.29) is 10.6 Å². The zero-order chi connectivity index (χ0) is 14.7. The molecule has 0 saturated heterocycles. The third-order valence-electron chi connectivity index (χ3n) is 3.43. The number of nitro benzene ring substituents is 1. The smallest absolute Gasteiger partial charge is 0.284 e. The Hall–Kier alpha value is -1.20. The summed E-state index contributed by atoms with van der Waals surface area (Å²) in [6, 6.07) is 5.91. The maximum atomic E-state index is 11.0. The first-order valence-corrected chi connectivity index (χ1v) is 7.64. The van der Waals surface area contributed by atoms with Gasteiger partial charge in [-0.3, -0.25) is 10.1 Å². The molecular weight excluding hydrogens is 320 g/mol. The van der Waals surface area contributed by atoms with Crippen LogP contribution in [0.25, 0.3) is 6.08 Å². The Kier molecular flexibility index (Phi) is 4.94. The van der Waals surface area contributed by atoms with Crippen molar-refractivity contribution in [2.75, 3.05) is 6.54 Å². The van der Waals surface area contributed by atoms with Crippen LogP contribution in [-0.2, 0) is 0 Å². The molecule has 4 nitrogen and oxygen atoms in total. The third-order valence-corrected chi connectivity index (χ3v) is 4.10. The fourth-order valence-electron chi connectivity index (χ4n) is 1.94. The fraction of sp³-hybridized carbons (Fsp3) is 0.467. The van der Waals surface area contributed by atoms with E-state index in [9.17, 15) is 10.1 Å². The van der Waals surface area contributed by atoms with Crippen molar-refractivity contribution in [2.45, 2.75) is 32.7 Å². The van der Waals surface area contributed by atoms with Crippen LogP contribution in [0.3, 0.4) is 0 Å². The van der Waals surface area contributed by atoms with Crippen molar-refractivity contribution >= 4 is 27.7 Å². The largest absolute Gasteiger partial charge is 0.310 e. The number of halogens is 1. The van der Waals surface area contributed by atoms with E-state index in [0.29, 0.717) is 16.4 Å². The summed E-state index contributed by atoms with van der Waals surface area (Å²) < 4.78 is 0.516. The number of nitro groups is 1. The minimum atomic E-state index is -0.362. The maximum absolute atomic E-state index is 11.0. The van der Waals surface area contributed by atoms with Crippen LogP contribution in [0.2, 0.25) is 0 Å². The first-order chi connectivity index (χ1) is 9.47. The number of nitrogens with zero attached hydrogens (tertiary/aromatic N) is 1. The highest BCUT2D eigenvalue weighted by Gasteiger charge is 2.21. The minimum Gasteiger partial charge on any atom is -0.310 e. The van der Waals surface area contributed by atoms with Gasteiger partial charge in [0, 0.05) is 18.7 Å². The van der Waals surface area contributed by atoms with E-state index < -0.39 is 0 Å². The number of benzene rings is 1. The lowest BCUT2D eigenvalue weighted by atomic mass is 10.00. The second-order valence-corrected chi connectivity index (χ2v) is 6.35. The van der Waals surface area contributed by atoms with Crippen LogP contribution >= 0.6 is 15.9 Å². The van der Waals surface area contributed by atoms with E-state index in [0.717, 1.165) is 12.1 Å². The van der Waals surface area contributed by atoms with Gasteiger partial charge in [-0.2, -0.15) is 0 Å². The molecular formula is C15H19BrN2O2. The molecule has 1 saturated carbocycles. The Bertz CT molecular complexity index is 537. The highest BCUT2D eigenvalue weighted by Crippen LogP contribution is 2.27. The quantitative estimate of drug-likeness (QED) is 0.626. The molecule has 0 radical (unpaired) electrons. The summed E-state index contributed by atoms with van der Waals surface area (Å²) in [5.74, 6) is 0.420. The van der Waals surface area contributed by atoms with Gasteiger partial charge in [-0.25, -0.2) is 0 Å². The highest BCUT2D eigenvalue weighted by atomic mass is 79.9. The molecule has 1 aromatic rings. The molecule has 0 aliphatic heterocycles. The molecule has 0 spiro atoms. The molecule has 0 amide bonds. The van der Waals surface area contributed by atoms with Gasteiger partial charge in [-0.1, -0.05) is 31.6 Å². The predicted octanol–water partition coefficient (Wildman–Crippen LogP) is 4.15. The van der Waals surface area contributed by atoms with E-state index in [4.69, 9.17) is 0 Å². The molecule has 108 valence electrons. The molecule has 2 rings (SSSR count). The Labute approximate surface area is 127 Å². The normalized spacial score (nSPS) is 15.7. The summed E-state index contributed by atoms with van der Waals surface area (Å²) in [7, 11) is 0. The molecule has 1 aliphatic rings. The number of hydrogen-bond acceptors (Lipinski definition) is 3. The molecule has 5 heteroatoms. The summed E-state index contributed by atoms with van der Waals surface area (Å²) in [5, 5.41) is 14.5. The lowest BCUT2D eigenvalue weighted by molar-refractivity contribution is -0.385. The Morgan fingerprint density at radius 2 is 2.25 bits per heavy atom. The number of hydrogen-bond donors (Lipinski definition) is 1. The van der Waals surface area contributed by atoms with Gasteiger partial charge in [0.2, 0.25) is 0 Å². The van der Waals surface area contributed by atoms with Crippen molar-refractivity contribution < 1.29 is 4.92 Å². The molecule has 0 heterocycles. The van der Waals surface area contributed by atoms with Crippen molar-refractivity contribution in [1.29, 1.82) is 0 Å². The van der Waals surface area contributed by atoms with Crippen molar-refractivity contribution in [3.63, 3.8) is 0 Å². The average molecular weight is 339 g/mol. The van der Waals surface area contributed by atoms with Crippen LogP contribution in [0.4, 0.5) is 5.69 Å². The van der Waals surface area contributed by atoms with Crippen LogP contribution in [0.5, 0.6) is 0 Å². The van der Waals surface area contributed by atoms with Gasteiger partial charge in [0.05, 0.1) is 9.40 Å². The van der Waals surface area contributed by atoms with Crippen LogP contribution < -0.4 is 5.32 Å². The molecule has 1 N–H and O–H groups in total. The number of nitrogens with one attached hydrogen (secondary N) is 1. The molecule has 0 aromatic heterocycles. The van der Waals surface area contributed by atoms with Gasteiger partial charge in [0.1, 0.15) is 0 Å². The summed E-state index contributed by atoms with van der Waals surface area (Å²) >= 11 is 3.21. The van der Waals surface area contributed by atoms with Gasteiger partial charge in [-0.15, -0.1) is 0 Å². The summed E-state index contributed by atoms with van der Waals surface area (Å²) in [6.45, 7) is 5.15. The molecule has 1 aliphatic carbocycles. The predicted molar refractivity (Wildman–Crippen MR) is 84.6 cm³/mol. The standard InChI is InChI=1S/C15H19BrN2O2/c1-10(2)12(9-17-13-4-5-13)7-11-3-6-14(16)15(8-11)18(19)20/h3,6-8,10,13,17H,4-5,9H2,1-2H3. The van der Waals surface area contributed by atoms with E-state index in [1.807, 2.05) is 6.07 Å². The van der Waals surface area contributed by atoms with Gasteiger partial charge in [0.15, 0.2) is 0 Å². The summed E-state index contributed by atoms with van der Waals surface area (Å²) in [4.78, 5) is 10.6. The maximum Gasteiger partial charge on any atom is 0.284 e. The van der Waals surface area contributed by atoms with Gasteiger partial charge >= 0.3 is 0 Å². The van der Waals surface area contributed by atoms with E-state index in [2.05, 4.69) is 41.2 Å². The summed E-state index contributed by atoms with van der Waals surface area (Å²) in [5.41, 5.74) is 2.26. The monoisotopic (exact) mass is 338 g/mol. The van der Waals surface area contributed by atoms with Crippen molar-refractivity contribution in [2.24, 2.45) is 5.92 Å². The molecule has 0 bridgehead atoms. The Morgan fingerprint density at radius 1 is 1.55 bits per heavy atom. The second-order valence-electron chi connectivity index (χ2n) is 5.50. The van der Waals surface area contributed by atoms with E-state index >= 15 is 0 Å². The zero-order valence-corrected chi connectivity index (χ0v) is 13.3. The van der Waals surface area contributed by atoms with Crippen LogP contribution in [0.1, 0.15) is 32.3 Å². The van der Waals surface area contributed by atoms with E-state index in [1.54, 1.807) is 12.1 Å². The Morgan fingerprint density at radius 3 is 2.80 bits per heavy atom. The average Bonchev–Trinajstić information content (AvgIpc) is 3.19. The van der Waals surface area contributed by atoms with Gasteiger partial charge in [-0.05, 0) is 46.3 Å². The highest BCUT2D eigenvalue weighted by molar-refractivity contribution is 9.10. The fourth-order valence-corrected chi connectivity index (χ4v) is 2.34. The van der Waals surface area contributed by atoms with Crippen LogP contribution in [-0.4, -0.2) is 17.5 Å². The second kappa shape index (κ2) is 6.50. The minimum absolute atomic E-state index is 0.108. The topological polar surface area (TPSA) is 55.2 Å². The lowest BCUT2D eigenvalue weighted by Crippen LogP contribution is -2.21. The SMILES string of the molecule is CC(C)C(=Cc1ccc(Br)c([N+](=O)[O-])c1)CNC1CC1. The van der Waals surface area contributed by atoms with E-state index in [1.165, 1.54) is 18.4 Å². The third kappa shape index (κ3) is 4.15. The molecule has 0 atom stereocenters. The molecule has 1 fully saturated rings. The molecule has 0 unspecified atom stereocenters. The van der Waals surface area contributed by atoms with Crippen LogP contribution in [0.15, 0.2) is 28.2 Å². The first kappa shape index (κ1) is 15.2.